The van der Waals surface area contributed by atoms with E-state index in [1.165, 1.54) is 0 Å². The predicted octanol–water partition coefficient (Wildman–Crippen LogP) is 3.36. The molecule has 4 nitrogen and oxygen atoms in total. The highest BCUT2D eigenvalue weighted by Gasteiger charge is 2.10. The number of aromatic nitrogens is 2. The molecule has 0 amide bonds. The largest absolute Gasteiger partial charge is 0.497 e. The van der Waals surface area contributed by atoms with E-state index < -0.39 is 0 Å². The minimum atomic E-state index is 0.815. The molecule has 0 aliphatic rings. The molecule has 0 saturated carbocycles. The second-order valence-corrected chi connectivity index (χ2v) is 4.24. The van der Waals surface area contributed by atoms with Gasteiger partial charge in [-0.05, 0) is 42.5 Å². The summed E-state index contributed by atoms with van der Waals surface area (Å²) in [5.41, 5.74) is 2.92. The Bertz CT molecular complexity index is 667. The molecule has 0 radical (unpaired) electrons. The average Bonchev–Trinajstić information content (AvgIpc) is 3.08. The van der Waals surface area contributed by atoms with E-state index >= 15 is 0 Å². The Hall–Kier alpha value is -2.49. The Morgan fingerprint density at radius 1 is 1.16 bits per heavy atom. The second-order valence-electron chi connectivity index (χ2n) is 4.24. The van der Waals surface area contributed by atoms with Crippen LogP contribution in [0.5, 0.6) is 5.75 Å². The molecule has 1 aromatic carbocycles. The van der Waals surface area contributed by atoms with Gasteiger partial charge in [-0.3, -0.25) is 4.68 Å². The van der Waals surface area contributed by atoms with Crippen LogP contribution >= 0.6 is 0 Å². The lowest BCUT2D eigenvalue weighted by Gasteiger charge is -2.00. The molecule has 2 heterocycles. The van der Waals surface area contributed by atoms with Crippen molar-refractivity contribution in [2.24, 2.45) is 7.05 Å². The molecule has 2 aromatic heterocycles. The topological polar surface area (TPSA) is 40.2 Å². The highest BCUT2D eigenvalue weighted by atomic mass is 16.5. The molecule has 0 unspecified atom stereocenters. The highest BCUT2D eigenvalue weighted by Crippen LogP contribution is 2.26. The molecule has 0 bridgehead atoms. The number of methoxy groups -OCH3 is 1. The highest BCUT2D eigenvalue weighted by molar-refractivity contribution is 5.66. The van der Waals surface area contributed by atoms with Crippen LogP contribution in [0.25, 0.3) is 22.7 Å². The van der Waals surface area contributed by atoms with Gasteiger partial charge >= 0.3 is 0 Å². The molecule has 96 valence electrons. The number of hydrogen-bond donors (Lipinski definition) is 0. The van der Waals surface area contributed by atoms with Crippen molar-refractivity contribution in [1.82, 2.24) is 9.78 Å². The number of ether oxygens (including phenoxy) is 1. The minimum Gasteiger partial charge on any atom is -0.497 e. The third-order valence-corrected chi connectivity index (χ3v) is 3.04. The van der Waals surface area contributed by atoms with Crippen LogP contribution in [0.1, 0.15) is 0 Å². The summed E-state index contributed by atoms with van der Waals surface area (Å²) in [7, 11) is 3.57. The number of hydrogen-bond acceptors (Lipinski definition) is 3. The van der Waals surface area contributed by atoms with Gasteiger partial charge in [0.15, 0.2) is 5.76 Å². The number of furan rings is 1. The first-order chi connectivity index (χ1) is 9.28. The maximum absolute atomic E-state index is 5.41. The summed E-state index contributed by atoms with van der Waals surface area (Å²) < 4.78 is 12.4. The first-order valence-electron chi connectivity index (χ1n) is 6.00. The summed E-state index contributed by atoms with van der Waals surface area (Å²) in [6, 6.07) is 13.7. The van der Waals surface area contributed by atoms with Crippen LogP contribution in [0.2, 0.25) is 0 Å². The van der Waals surface area contributed by atoms with E-state index in [4.69, 9.17) is 9.15 Å². The zero-order valence-corrected chi connectivity index (χ0v) is 10.8. The third-order valence-electron chi connectivity index (χ3n) is 3.04. The summed E-state index contributed by atoms with van der Waals surface area (Å²) in [5, 5.41) is 4.51. The van der Waals surface area contributed by atoms with E-state index in [0.717, 1.165) is 28.5 Å². The molecule has 0 aliphatic carbocycles. The molecule has 0 atom stereocenters. The maximum Gasteiger partial charge on any atom is 0.151 e. The Labute approximate surface area is 111 Å². The zero-order chi connectivity index (χ0) is 13.2. The van der Waals surface area contributed by atoms with Gasteiger partial charge in [0.2, 0.25) is 0 Å². The summed E-state index contributed by atoms with van der Waals surface area (Å²) in [6.45, 7) is 0. The Morgan fingerprint density at radius 2 is 1.95 bits per heavy atom. The van der Waals surface area contributed by atoms with Crippen LogP contribution in [0.3, 0.4) is 0 Å². The van der Waals surface area contributed by atoms with Crippen molar-refractivity contribution in [1.29, 1.82) is 0 Å². The van der Waals surface area contributed by atoms with Crippen LogP contribution in [0, 0.1) is 0 Å². The van der Waals surface area contributed by atoms with Crippen molar-refractivity contribution < 1.29 is 9.15 Å². The van der Waals surface area contributed by atoms with Crippen molar-refractivity contribution in [3.8, 4) is 28.5 Å². The minimum absolute atomic E-state index is 0.815. The molecule has 0 saturated heterocycles. The van der Waals surface area contributed by atoms with Gasteiger partial charge in [-0.1, -0.05) is 0 Å². The van der Waals surface area contributed by atoms with E-state index in [9.17, 15) is 0 Å². The zero-order valence-electron chi connectivity index (χ0n) is 10.8. The van der Waals surface area contributed by atoms with Gasteiger partial charge in [0.05, 0.1) is 19.1 Å². The number of nitrogens with zero attached hydrogens (tertiary/aromatic N) is 2. The van der Waals surface area contributed by atoms with Crippen molar-refractivity contribution in [2.45, 2.75) is 0 Å². The molecule has 0 N–H and O–H groups in total. The van der Waals surface area contributed by atoms with Gasteiger partial charge < -0.3 is 9.15 Å². The molecule has 0 fully saturated rings. The average molecular weight is 254 g/mol. The fourth-order valence-corrected chi connectivity index (χ4v) is 2.03. The smallest absolute Gasteiger partial charge is 0.151 e. The van der Waals surface area contributed by atoms with Gasteiger partial charge in [0, 0.05) is 12.6 Å². The number of benzene rings is 1. The standard InChI is InChI=1S/C15H14N2O2/c1-17-14(15-4-3-9-19-15)10-13(16-17)11-5-7-12(18-2)8-6-11/h3-10H,1-2H3. The van der Waals surface area contributed by atoms with Gasteiger partial charge in [0.25, 0.3) is 0 Å². The summed E-state index contributed by atoms with van der Waals surface area (Å²) in [6.07, 6.45) is 1.66. The molecule has 0 aliphatic heterocycles. The Balaban J connectivity index is 1.99. The molecule has 4 heteroatoms. The lowest BCUT2D eigenvalue weighted by molar-refractivity contribution is 0.415. The van der Waals surface area contributed by atoms with Crippen LogP contribution in [-0.2, 0) is 7.05 Å². The van der Waals surface area contributed by atoms with Crippen molar-refractivity contribution in [3.63, 3.8) is 0 Å². The van der Waals surface area contributed by atoms with Crippen LogP contribution in [0.15, 0.2) is 53.1 Å². The van der Waals surface area contributed by atoms with E-state index in [2.05, 4.69) is 5.10 Å². The third kappa shape index (κ3) is 2.12. The normalized spacial score (nSPS) is 10.6. The number of aryl methyl sites for hydroxylation is 1. The van der Waals surface area contributed by atoms with Crippen LogP contribution < -0.4 is 4.74 Å². The first-order valence-corrected chi connectivity index (χ1v) is 6.00. The molecule has 3 rings (SSSR count). The monoisotopic (exact) mass is 254 g/mol. The van der Waals surface area contributed by atoms with E-state index in [0.29, 0.717) is 0 Å². The summed E-state index contributed by atoms with van der Waals surface area (Å²) >= 11 is 0. The second kappa shape index (κ2) is 4.65. The Kier molecular flexibility index (Phi) is 2.83. The summed E-state index contributed by atoms with van der Waals surface area (Å²) in [4.78, 5) is 0. The SMILES string of the molecule is COc1ccc(-c2cc(-c3ccco3)n(C)n2)cc1. The Morgan fingerprint density at radius 3 is 2.58 bits per heavy atom. The van der Waals surface area contributed by atoms with Crippen molar-refractivity contribution in [3.05, 3.63) is 48.7 Å². The fourth-order valence-electron chi connectivity index (χ4n) is 2.03. The fraction of sp³-hybridized carbons (Fsp3) is 0.133. The van der Waals surface area contributed by atoms with Crippen molar-refractivity contribution in [2.75, 3.05) is 7.11 Å². The van der Waals surface area contributed by atoms with E-state index in [-0.39, 0.29) is 0 Å². The van der Waals surface area contributed by atoms with E-state index in [1.54, 1.807) is 13.4 Å². The van der Waals surface area contributed by atoms with Crippen molar-refractivity contribution >= 4 is 0 Å². The molecular weight excluding hydrogens is 240 g/mol. The van der Waals surface area contributed by atoms with E-state index in [1.807, 2.05) is 54.2 Å². The predicted molar refractivity (Wildman–Crippen MR) is 72.9 cm³/mol. The van der Waals surface area contributed by atoms with Crippen LogP contribution in [0.4, 0.5) is 0 Å². The lowest BCUT2D eigenvalue weighted by Crippen LogP contribution is -1.92. The van der Waals surface area contributed by atoms with Crippen LogP contribution in [-0.4, -0.2) is 16.9 Å². The molecular formula is C15H14N2O2. The maximum atomic E-state index is 5.41. The first kappa shape index (κ1) is 11.6. The van der Waals surface area contributed by atoms with Gasteiger partial charge in [0.1, 0.15) is 11.4 Å². The van der Waals surface area contributed by atoms with Gasteiger partial charge in [-0.25, -0.2) is 0 Å². The molecule has 3 aromatic rings. The molecule has 19 heavy (non-hydrogen) atoms. The quantitative estimate of drug-likeness (QED) is 0.719. The molecule has 0 spiro atoms. The van der Waals surface area contributed by atoms with Gasteiger partial charge in [-0.2, -0.15) is 5.10 Å². The number of rotatable bonds is 3. The van der Waals surface area contributed by atoms with Gasteiger partial charge in [-0.15, -0.1) is 0 Å². The summed E-state index contributed by atoms with van der Waals surface area (Å²) in [5.74, 6) is 1.65. The lowest BCUT2D eigenvalue weighted by atomic mass is 10.1.